The molecule has 6 nitrogen and oxygen atoms in total. The van der Waals surface area contributed by atoms with Crippen molar-refractivity contribution in [2.45, 2.75) is 30.4 Å². The van der Waals surface area contributed by atoms with Gasteiger partial charge in [0.05, 0.1) is 19.6 Å². The van der Waals surface area contributed by atoms with E-state index in [0.717, 1.165) is 0 Å². The minimum atomic E-state index is -5.78. The zero-order valence-corrected chi connectivity index (χ0v) is 10.5. The molecule has 1 saturated heterocycles. The molecule has 0 amide bonds. The summed E-state index contributed by atoms with van der Waals surface area (Å²) in [7, 11) is 0.676. The number of alkyl halides is 6. The molecule has 0 saturated carbocycles. The Morgan fingerprint density at radius 2 is 1.57 bits per heavy atom. The van der Waals surface area contributed by atoms with E-state index in [2.05, 4.69) is 9.57 Å². The second kappa shape index (κ2) is 4.73. The molecule has 0 aromatic heterocycles. The van der Waals surface area contributed by atoms with E-state index in [1.165, 1.54) is 0 Å². The first-order valence-electron chi connectivity index (χ1n) is 5.14. The van der Waals surface area contributed by atoms with E-state index >= 15 is 0 Å². The van der Waals surface area contributed by atoms with Gasteiger partial charge >= 0.3 is 18.3 Å². The van der Waals surface area contributed by atoms with Crippen LogP contribution in [0.15, 0.2) is 0 Å². The first-order valence-corrected chi connectivity index (χ1v) is 5.14. The average Bonchev–Trinajstić information content (AvgIpc) is 3.01. The van der Waals surface area contributed by atoms with Gasteiger partial charge in [-0.15, -0.1) is 0 Å². The Morgan fingerprint density at radius 3 is 1.81 bits per heavy atom. The fraction of sp³-hybridized carbons (Fsp3) is 0.778. The van der Waals surface area contributed by atoms with Gasteiger partial charge in [-0.3, -0.25) is 4.84 Å². The SMILES string of the molecule is COC(=O)C(C)(ON1CC1(C(F)(F)F)C(F)(F)F)C(=O)[O-]. The zero-order valence-electron chi connectivity index (χ0n) is 10.5. The summed E-state index contributed by atoms with van der Waals surface area (Å²) < 4.78 is 79.5. The van der Waals surface area contributed by atoms with Crippen molar-refractivity contribution in [3.63, 3.8) is 0 Å². The molecule has 0 aromatic rings. The molecule has 0 aliphatic carbocycles. The second-order valence-corrected chi connectivity index (χ2v) is 4.30. The number of hydrogen-bond donors (Lipinski definition) is 0. The lowest BCUT2D eigenvalue weighted by Crippen LogP contribution is -2.57. The van der Waals surface area contributed by atoms with Gasteiger partial charge in [0.15, 0.2) is 0 Å². The molecular weight excluding hydrogens is 316 g/mol. The third-order valence-electron chi connectivity index (χ3n) is 2.89. The van der Waals surface area contributed by atoms with Gasteiger partial charge < -0.3 is 14.6 Å². The number of carboxylic acid groups (broad SMARTS) is 1. The van der Waals surface area contributed by atoms with Gasteiger partial charge in [0.1, 0.15) is 0 Å². The van der Waals surface area contributed by atoms with Crippen LogP contribution in [0.4, 0.5) is 26.3 Å². The van der Waals surface area contributed by atoms with Crippen LogP contribution >= 0.6 is 0 Å². The summed E-state index contributed by atoms with van der Waals surface area (Å²) in [6, 6.07) is 0. The third kappa shape index (κ3) is 2.52. The van der Waals surface area contributed by atoms with Crippen LogP contribution in [0.1, 0.15) is 6.92 Å². The molecule has 1 rings (SSSR count). The number of rotatable bonds is 4. The minimum Gasteiger partial charge on any atom is -0.546 e. The number of carbonyl (C=O) groups is 2. The number of aliphatic carboxylic acids is 1. The summed E-state index contributed by atoms with van der Waals surface area (Å²) in [6.07, 6.45) is -11.6. The number of nitrogens with zero attached hydrogens (tertiary/aromatic N) is 1. The fourth-order valence-corrected chi connectivity index (χ4v) is 1.48. The highest BCUT2D eigenvalue weighted by atomic mass is 19.4. The van der Waals surface area contributed by atoms with Gasteiger partial charge in [-0.05, 0) is 6.92 Å². The van der Waals surface area contributed by atoms with Gasteiger partial charge in [-0.25, -0.2) is 4.79 Å². The van der Waals surface area contributed by atoms with E-state index < -0.39 is 47.0 Å². The molecule has 122 valence electrons. The minimum absolute atomic E-state index is 0.421. The molecule has 0 spiro atoms. The largest absolute Gasteiger partial charge is 0.546 e. The number of halogens is 6. The van der Waals surface area contributed by atoms with Crippen molar-refractivity contribution in [2.75, 3.05) is 13.7 Å². The highest BCUT2D eigenvalue weighted by molar-refractivity contribution is 6.01. The first kappa shape index (κ1) is 17.5. The lowest BCUT2D eigenvalue weighted by molar-refractivity contribution is -0.351. The van der Waals surface area contributed by atoms with Crippen molar-refractivity contribution in [1.29, 1.82) is 0 Å². The Kier molecular flexibility index (Phi) is 3.94. The number of carboxylic acids is 1. The van der Waals surface area contributed by atoms with Crippen LogP contribution in [0, 0.1) is 0 Å². The molecule has 1 fully saturated rings. The van der Waals surface area contributed by atoms with Crippen molar-refractivity contribution >= 4 is 11.9 Å². The maximum absolute atomic E-state index is 12.6. The molecule has 1 aliphatic heterocycles. The smallest absolute Gasteiger partial charge is 0.419 e. The maximum atomic E-state index is 12.6. The molecule has 1 heterocycles. The van der Waals surface area contributed by atoms with E-state index in [1.807, 2.05) is 0 Å². The lowest BCUT2D eigenvalue weighted by atomic mass is 10.1. The highest BCUT2D eigenvalue weighted by Crippen LogP contribution is 2.57. The van der Waals surface area contributed by atoms with Gasteiger partial charge in [0, 0.05) is 0 Å². The highest BCUT2D eigenvalue weighted by Gasteiger charge is 2.85. The van der Waals surface area contributed by atoms with Crippen LogP contribution < -0.4 is 5.11 Å². The molecule has 0 N–H and O–H groups in total. The number of hydroxylamine groups is 2. The standard InChI is InChI=1S/C9H9F6NO5/c1-6(4(17)18,5(19)20-2)21-16-3-7(16,8(10,11)12)9(13,14)15/h3H2,1-2H3,(H,17,18)/p-1. The van der Waals surface area contributed by atoms with E-state index in [9.17, 15) is 41.0 Å². The Balaban J connectivity index is 3.10. The number of ether oxygens (including phenoxy) is 1. The number of methoxy groups -OCH3 is 1. The van der Waals surface area contributed by atoms with Crippen molar-refractivity contribution in [3.05, 3.63) is 0 Å². The Labute approximate surface area is 113 Å². The van der Waals surface area contributed by atoms with Gasteiger partial charge in [-0.1, -0.05) is 0 Å². The fourth-order valence-electron chi connectivity index (χ4n) is 1.48. The van der Waals surface area contributed by atoms with Crippen molar-refractivity contribution < 1.29 is 50.6 Å². The summed E-state index contributed by atoms with van der Waals surface area (Å²) in [5.41, 5.74) is -7.52. The van der Waals surface area contributed by atoms with Crippen LogP contribution in [-0.4, -0.2) is 54.1 Å². The predicted octanol–water partition coefficient (Wildman–Crippen LogP) is -0.221. The van der Waals surface area contributed by atoms with Crippen molar-refractivity contribution in [2.24, 2.45) is 0 Å². The summed E-state index contributed by atoms with van der Waals surface area (Å²) in [5.74, 6) is -4.06. The van der Waals surface area contributed by atoms with Gasteiger partial charge in [0.25, 0.3) is 5.54 Å². The van der Waals surface area contributed by atoms with Crippen molar-refractivity contribution in [3.8, 4) is 0 Å². The number of esters is 1. The number of hydrogen-bond acceptors (Lipinski definition) is 6. The number of carbonyl (C=O) groups excluding carboxylic acids is 2. The summed E-state index contributed by atoms with van der Waals surface area (Å²) >= 11 is 0. The first-order chi connectivity index (χ1) is 9.24. The third-order valence-corrected chi connectivity index (χ3v) is 2.89. The monoisotopic (exact) mass is 324 g/mol. The molecule has 2 unspecified atom stereocenters. The van der Waals surface area contributed by atoms with Gasteiger partial charge in [-0.2, -0.15) is 31.4 Å². The quantitative estimate of drug-likeness (QED) is 0.308. The molecule has 2 atom stereocenters. The van der Waals surface area contributed by atoms with Crippen LogP contribution in [0.5, 0.6) is 0 Å². The van der Waals surface area contributed by atoms with Crippen LogP contribution in [0.3, 0.4) is 0 Å². The molecular formula is C9H8F6NO5-. The average molecular weight is 324 g/mol. The topological polar surface area (TPSA) is 78.7 Å². The second-order valence-electron chi connectivity index (χ2n) is 4.30. The predicted molar refractivity (Wildman–Crippen MR) is 48.1 cm³/mol. The molecule has 12 heteroatoms. The normalized spacial score (nSPS) is 24.1. The lowest BCUT2D eigenvalue weighted by Gasteiger charge is -2.30. The maximum Gasteiger partial charge on any atom is 0.419 e. The van der Waals surface area contributed by atoms with E-state index in [-0.39, 0.29) is 0 Å². The Hall–Kier alpha value is -1.56. The van der Waals surface area contributed by atoms with E-state index in [1.54, 1.807) is 0 Å². The molecule has 0 radical (unpaired) electrons. The molecule has 0 aromatic carbocycles. The molecule has 0 bridgehead atoms. The molecule has 21 heavy (non-hydrogen) atoms. The summed E-state index contributed by atoms with van der Waals surface area (Å²) in [6.45, 7) is -1.29. The van der Waals surface area contributed by atoms with Crippen LogP contribution in [0.25, 0.3) is 0 Å². The zero-order chi connectivity index (χ0) is 16.9. The Bertz CT molecular complexity index is 447. The van der Waals surface area contributed by atoms with E-state index in [0.29, 0.717) is 14.0 Å². The Morgan fingerprint density at radius 1 is 1.14 bits per heavy atom. The molecule has 1 aliphatic rings. The van der Waals surface area contributed by atoms with E-state index in [4.69, 9.17) is 0 Å². The van der Waals surface area contributed by atoms with Crippen molar-refractivity contribution in [1.82, 2.24) is 5.06 Å². The summed E-state index contributed by atoms with van der Waals surface area (Å²) in [5, 5.41) is 10.1. The van der Waals surface area contributed by atoms with Crippen LogP contribution in [-0.2, 0) is 19.2 Å². The van der Waals surface area contributed by atoms with Gasteiger partial charge in [0.2, 0.25) is 5.60 Å². The van der Waals surface area contributed by atoms with Crippen LogP contribution in [0.2, 0.25) is 0 Å². The summed E-state index contributed by atoms with van der Waals surface area (Å²) in [4.78, 5) is 26.0.